The number of carbonyl (C=O) groups is 1. The Morgan fingerprint density at radius 1 is 1.35 bits per heavy atom. The zero-order valence-electron chi connectivity index (χ0n) is 19.0. The first-order chi connectivity index (χ1) is 16.0. The lowest BCUT2D eigenvalue weighted by molar-refractivity contribution is -0.191. The normalized spacial score (nSPS) is 30.0. The van der Waals surface area contributed by atoms with E-state index in [0.717, 1.165) is 0 Å². The van der Waals surface area contributed by atoms with Crippen LogP contribution in [0.3, 0.4) is 0 Å². The van der Waals surface area contributed by atoms with Gasteiger partial charge in [0.1, 0.15) is 11.5 Å². The average Bonchev–Trinajstić information content (AvgIpc) is 3.33. The summed E-state index contributed by atoms with van der Waals surface area (Å²) in [6, 6.07) is 8.71. The number of fused-ring (bicyclic) bond motifs is 2. The van der Waals surface area contributed by atoms with E-state index in [1.807, 2.05) is 13.8 Å². The number of benzene rings is 1. The van der Waals surface area contributed by atoms with E-state index in [-0.39, 0.29) is 32.2 Å². The predicted molar refractivity (Wildman–Crippen MR) is 119 cm³/mol. The number of nitriles is 1. The van der Waals surface area contributed by atoms with Gasteiger partial charge in [-0.25, -0.2) is 0 Å². The van der Waals surface area contributed by atoms with Gasteiger partial charge in [0.15, 0.2) is 0 Å². The molecule has 3 aliphatic rings. The number of alkyl halides is 3. The summed E-state index contributed by atoms with van der Waals surface area (Å²) in [5, 5.41) is 16.0. The third-order valence-electron chi connectivity index (χ3n) is 7.40. The second kappa shape index (κ2) is 7.55. The van der Waals surface area contributed by atoms with E-state index in [1.165, 1.54) is 0 Å². The number of aromatic nitrogens is 1. The lowest BCUT2D eigenvalue weighted by Crippen LogP contribution is -2.54. The van der Waals surface area contributed by atoms with Gasteiger partial charge in [0.05, 0.1) is 28.2 Å². The van der Waals surface area contributed by atoms with E-state index in [1.54, 1.807) is 35.4 Å². The minimum Gasteiger partial charge on any atom is -0.369 e. The van der Waals surface area contributed by atoms with Crippen LogP contribution in [0.4, 0.5) is 18.9 Å². The van der Waals surface area contributed by atoms with Gasteiger partial charge in [-0.1, -0.05) is 0 Å². The summed E-state index contributed by atoms with van der Waals surface area (Å²) >= 11 is 0. The molecule has 1 aromatic carbocycles. The van der Waals surface area contributed by atoms with Crippen LogP contribution in [0.15, 0.2) is 30.5 Å². The van der Waals surface area contributed by atoms with Crippen LogP contribution in [-0.2, 0) is 9.53 Å². The number of nitrogens with zero attached hydrogens (tertiary/aromatic N) is 3. The summed E-state index contributed by atoms with van der Waals surface area (Å²) in [7, 11) is 0. The van der Waals surface area contributed by atoms with Crippen LogP contribution in [0.1, 0.15) is 25.8 Å². The Labute approximate surface area is 195 Å². The SMILES string of the molecule is CC1(C)CNC[C@H](CNC(=O)[C@]23CN(c4ccc(C#N)c5ncccc45)C[C@@]2(C(F)(F)F)C3)O1. The Hall–Kier alpha value is -2.90. The van der Waals surface area contributed by atoms with Gasteiger partial charge in [-0.15, -0.1) is 0 Å². The van der Waals surface area contributed by atoms with Crippen molar-refractivity contribution >= 4 is 22.5 Å². The maximum atomic E-state index is 14.3. The molecule has 34 heavy (non-hydrogen) atoms. The first-order valence-corrected chi connectivity index (χ1v) is 11.3. The molecule has 5 rings (SSSR count). The van der Waals surface area contributed by atoms with Crippen molar-refractivity contribution in [3.8, 4) is 6.07 Å². The van der Waals surface area contributed by atoms with Gasteiger partial charge < -0.3 is 20.3 Å². The monoisotopic (exact) mass is 473 g/mol. The van der Waals surface area contributed by atoms with Crippen LogP contribution >= 0.6 is 0 Å². The lowest BCUT2D eigenvalue weighted by Gasteiger charge is -2.37. The topological polar surface area (TPSA) is 90.3 Å². The standard InChI is InChI=1S/C24H26F3N5O2/c1-21(2)12-29-9-16(34-21)10-31-20(33)22-11-23(22,24(25,26)27)14-32(13-22)18-6-5-15(8-28)19-17(18)4-3-7-30-19/h3-7,16,29H,9-14H2,1-2H3,(H,31,33)/t16-,22+,23+/m1/s1. The molecule has 1 aromatic heterocycles. The van der Waals surface area contributed by atoms with E-state index >= 15 is 0 Å². The zero-order valence-corrected chi connectivity index (χ0v) is 19.0. The van der Waals surface area contributed by atoms with Crippen LogP contribution in [0.5, 0.6) is 0 Å². The molecule has 2 saturated heterocycles. The number of morpholine rings is 1. The first kappa shape index (κ1) is 22.9. The smallest absolute Gasteiger partial charge is 0.369 e. The number of nitrogens with one attached hydrogen (secondary N) is 2. The molecule has 1 saturated carbocycles. The summed E-state index contributed by atoms with van der Waals surface area (Å²) in [4.78, 5) is 19.1. The fourth-order valence-corrected chi connectivity index (χ4v) is 5.68. The Morgan fingerprint density at radius 2 is 2.15 bits per heavy atom. The summed E-state index contributed by atoms with van der Waals surface area (Å²) in [5.74, 6) is -0.588. The summed E-state index contributed by atoms with van der Waals surface area (Å²) in [6.45, 7) is 4.83. The number of rotatable bonds is 4. The van der Waals surface area contributed by atoms with Gasteiger partial charge in [-0.05, 0) is 44.5 Å². The quantitative estimate of drug-likeness (QED) is 0.710. The molecule has 0 radical (unpaired) electrons. The number of carbonyl (C=O) groups excluding carboxylic acids is 1. The number of hydrogen-bond donors (Lipinski definition) is 2. The van der Waals surface area contributed by atoms with Crippen molar-refractivity contribution in [1.29, 1.82) is 5.26 Å². The molecular weight excluding hydrogens is 447 g/mol. The number of anilines is 1. The molecule has 0 spiro atoms. The molecule has 0 unspecified atom stereocenters. The fourth-order valence-electron chi connectivity index (χ4n) is 5.68. The van der Waals surface area contributed by atoms with Crippen molar-refractivity contribution in [3.63, 3.8) is 0 Å². The molecule has 0 bridgehead atoms. The molecule has 180 valence electrons. The number of piperidine rings is 1. The van der Waals surface area contributed by atoms with Gasteiger partial charge in [0, 0.05) is 50.0 Å². The highest BCUT2D eigenvalue weighted by Crippen LogP contribution is 2.75. The Morgan fingerprint density at radius 3 is 2.85 bits per heavy atom. The molecule has 2 aliphatic heterocycles. The van der Waals surface area contributed by atoms with E-state index in [0.29, 0.717) is 35.2 Å². The van der Waals surface area contributed by atoms with Crippen LogP contribution in [0.2, 0.25) is 0 Å². The van der Waals surface area contributed by atoms with Gasteiger partial charge in [0.2, 0.25) is 5.91 Å². The maximum absolute atomic E-state index is 14.3. The van der Waals surface area contributed by atoms with E-state index in [9.17, 15) is 23.2 Å². The number of hydrogen-bond acceptors (Lipinski definition) is 6. The highest BCUT2D eigenvalue weighted by atomic mass is 19.4. The van der Waals surface area contributed by atoms with Gasteiger partial charge in [-0.3, -0.25) is 9.78 Å². The third kappa shape index (κ3) is 3.41. The molecule has 7 nitrogen and oxygen atoms in total. The average molecular weight is 473 g/mol. The Balaban J connectivity index is 1.41. The van der Waals surface area contributed by atoms with E-state index in [4.69, 9.17) is 4.74 Å². The van der Waals surface area contributed by atoms with Crippen molar-refractivity contribution < 1.29 is 22.7 Å². The predicted octanol–water partition coefficient (Wildman–Crippen LogP) is 2.75. The molecule has 3 fully saturated rings. The molecule has 1 amide bonds. The molecule has 3 atom stereocenters. The number of amides is 1. The van der Waals surface area contributed by atoms with E-state index < -0.39 is 28.5 Å². The fraction of sp³-hybridized carbons (Fsp3) is 0.542. The largest absolute Gasteiger partial charge is 0.397 e. The number of halogens is 3. The maximum Gasteiger partial charge on any atom is 0.397 e. The molecule has 10 heteroatoms. The minimum atomic E-state index is -4.52. The summed E-state index contributed by atoms with van der Waals surface area (Å²) in [5.41, 5.74) is -2.72. The molecular formula is C24H26F3N5O2. The molecule has 2 N–H and O–H groups in total. The van der Waals surface area contributed by atoms with Gasteiger partial charge in [0.25, 0.3) is 0 Å². The summed E-state index contributed by atoms with van der Waals surface area (Å²) < 4.78 is 48.9. The van der Waals surface area contributed by atoms with Crippen LogP contribution in [0.25, 0.3) is 10.9 Å². The number of ether oxygens (including phenoxy) is 1. The molecule has 1 aliphatic carbocycles. The summed E-state index contributed by atoms with van der Waals surface area (Å²) in [6.07, 6.45) is -3.52. The van der Waals surface area contributed by atoms with Gasteiger partial charge >= 0.3 is 6.18 Å². The van der Waals surface area contributed by atoms with E-state index in [2.05, 4.69) is 21.7 Å². The first-order valence-electron chi connectivity index (χ1n) is 11.3. The second-order valence-electron chi connectivity index (χ2n) is 10.2. The zero-order chi connectivity index (χ0) is 24.4. The highest BCUT2D eigenvalue weighted by molar-refractivity contribution is 5.97. The minimum absolute atomic E-state index is 0.0521. The van der Waals surface area contributed by atoms with Crippen LogP contribution < -0.4 is 15.5 Å². The third-order valence-corrected chi connectivity index (χ3v) is 7.40. The Bertz CT molecular complexity index is 1190. The van der Waals surface area contributed by atoms with Crippen molar-refractivity contribution in [2.45, 2.75) is 38.1 Å². The Kier molecular flexibility index (Phi) is 5.08. The van der Waals surface area contributed by atoms with Crippen molar-refractivity contribution in [1.82, 2.24) is 15.6 Å². The lowest BCUT2D eigenvalue weighted by atomic mass is 9.94. The number of pyridine rings is 1. The van der Waals surface area contributed by atoms with Crippen molar-refractivity contribution in [2.24, 2.45) is 10.8 Å². The second-order valence-corrected chi connectivity index (χ2v) is 10.2. The van der Waals surface area contributed by atoms with Gasteiger partial charge in [-0.2, -0.15) is 18.4 Å². The van der Waals surface area contributed by atoms with Crippen LogP contribution in [-0.4, -0.2) is 61.5 Å². The van der Waals surface area contributed by atoms with Crippen LogP contribution in [0, 0.1) is 22.2 Å². The van der Waals surface area contributed by atoms with Crippen molar-refractivity contribution in [3.05, 3.63) is 36.0 Å². The highest BCUT2D eigenvalue weighted by Gasteiger charge is 2.86. The molecule has 2 aromatic rings. The molecule has 3 heterocycles. The van der Waals surface area contributed by atoms with Crippen molar-refractivity contribution in [2.75, 3.05) is 37.6 Å².